The number of hydrogen-bond donors (Lipinski definition) is 1. The molecule has 8 nitrogen and oxygen atoms in total. The van der Waals surface area contributed by atoms with Gasteiger partial charge in [0.15, 0.2) is 0 Å². The molecule has 3 aromatic rings. The molecule has 0 radical (unpaired) electrons. The number of benzene rings is 2. The first-order chi connectivity index (χ1) is 15.3. The number of hydrogen-bond acceptors (Lipinski definition) is 7. The van der Waals surface area contributed by atoms with E-state index in [-0.39, 0.29) is 24.0 Å². The van der Waals surface area contributed by atoms with Gasteiger partial charge in [0.25, 0.3) is 10.0 Å². The fourth-order valence-electron chi connectivity index (χ4n) is 3.51. The number of halogens is 1. The zero-order valence-corrected chi connectivity index (χ0v) is 18.5. The lowest BCUT2D eigenvalue weighted by molar-refractivity contribution is 0.391. The maximum atomic E-state index is 14.9. The summed E-state index contributed by atoms with van der Waals surface area (Å²) < 4.78 is 54.0. The van der Waals surface area contributed by atoms with Gasteiger partial charge in [-0.05, 0) is 48.6 Å². The third-order valence-corrected chi connectivity index (χ3v) is 7.12. The van der Waals surface area contributed by atoms with E-state index in [0.29, 0.717) is 22.6 Å². The van der Waals surface area contributed by atoms with Gasteiger partial charge in [-0.2, -0.15) is 0 Å². The molecule has 1 aliphatic rings. The number of nitrogens with two attached hydrogens (primary N) is 1. The Kier molecular flexibility index (Phi) is 5.88. The Morgan fingerprint density at radius 1 is 1.16 bits per heavy atom. The lowest BCUT2D eigenvalue weighted by atomic mass is 10.1. The van der Waals surface area contributed by atoms with Crippen LogP contribution in [0.2, 0.25) is 0 Å². The van der Waals surface area contributed by atoms with E-state index in [0.717, 1.165) is 23.2 Å². The van der Waals surface area contributed by atoms with E-state index in [1.165, 1.54) is 38.9 Å². The van der Waals surface area contributed by atoms with Gasteiger partial charge in [-0.15, -0.1) is 0 Å². The second-order valence-corrected chi connectivity index (χ2v) is 9.27. The lowest BCUT2D eigenvalue weighted by Crippen LogP contribution is -2.32. The number of ether oxygens (including phenoxy) is 2. The Balaban J connectivity index is 1.82. The largest absolute Gasteiger partial charge is 0.497 e. The molecule has 0 aliphatic heterocycles. The van der Waals surface area contributed by atoms with Crippen molar-refractivity contribution in [3.8, 4) is 11.5 Å². The van der Waals surface area contributed by atoms with Crippen molar-refractivity contribution in [3.63, 3.8) is 0 Å². The molecule has 1 heterocycles. The van der Waals surface area contributed by atoms with E-state index >= 15 is 0 Å². The number of nitrogen functional groups attached to an aromatic ring is 1. The highest BCUT2D eigenvalue weighted by Crippen LogP contribution is 2.44. The van der Waals surface area contributed by atoms with Gasteiger partial charge in [-0.1, -0.05) is 0 Å². The molecule has 0 bridgehead atoms. The number of methoxy groups -OCH3 is 2. The topological polar surface area (TPSA) is 108 Å². The van der Waals surface area contributed by atoms with Gasteiger partial charge in [-0.3, -0.25) is 0 Å². The van der Waals surface area contributed by atoms with Crippen LogP contribution in [0.1, 0.15) is 29.9 Å². The minimum Gasteiger partial charge on any atom is -0.497 e. The molecule has 0 unspecified atom stereocenters. The van der Waals surface area contributed by atoms with Crippen LogP contribution in [0, 0.1) is 5.82 Å². The van der Waals surface area contributed by atoms with Crippen molar-refractivity contribution in [2.45, 2.75) is 30.2 Å². The zero-order chi connectivity index (χ0) is 22.9. The first kappa shape index (κ1) is 21.8. The van der Waals surface area contributed by atoms with E-state index in [1.807, 2.05) is 0 Å². The van der Waals surface area contributed by atoms with Gasteiger partial charge in [0.05, 0.1) is 20.8 Å². The predicted molar refractivity (Wildman–Crippen MR) is 118 cm³/mol. The quantitative estimate of drug-likeness (QED) is 0.515. The molecule has 0 atom stereocenters. The first-order valence-electron chi connectivity index (χ1n) is 9.93. The molecule has 32 heavy (non-hydrogen) atoms. The van der Waals surface area contributed by atoms with E-state index in [9.17, 15) is 12.8 Å². The van der Waals surface area contributed by atoms with Gasteiger partial charge in [0.1, 0.15) is 34.4 Å². The Morgan fingerprint density at radius 2 is 1.94 bits per heavy atom. The van der Waals surface area contributed by atoms with Crippen LogP contribution in [0.4, 0.5) is 15.9 Å². The predicted octanol–water partition coefficient (Wildman–Crippen LogP) is 3.49. The zero-order valence-electron chi connectivity index (χ0n) is 17.7. The van der Waals surface area contributed by atoms with Crippen molar-refractivity contribution in [3.05, 3.63) is 65.9 Å². The molecule has 1 aliphatic carbocycles. The minimum absolute atomic E-state index is 0.0991. The molecule has 1 saturated carbocycles. The molecule has 0 amide bonds. The Labute approximate surface area is 185 Å². The van der Waals surface area contributed by atoms with Crippen LogP contribution in [-0.4, -0.2) is 32.6 Å². The van der Waals surface area contributed by atoms with Gasteiger partial charge < -0.3 is 15.2 Å². The lowest BCUT2D eigenvalue weighted by Gasteiger charge is -2.25. The maximum Gasteiger partial charge on any atom is 0.268 e. The van der Waals surface area contributed by atoms with E-state index in [2.05, 4.69) is 9.97 Å². The van der Waals surface area contributed by atoms with Crippen molar-refractivity contribution in [2.24, 2.45) is 0 Å². The smallest absolute Gasteiger partial charge is 0.268 e. The summed E-state index contributed by atoms with van der Waals surface area (Å²) in [5.74, 6) is 0.323. The van der Waals surface area contributed by atoms with Crippen LogP contribution in [-0.2, 0) is 16.6 Å². The van der Waals surface area contributed by atoms with Crippen molar-refractivity contribution in [1.82, 2.24) is 9.97 Å². The highest BCUT2D eigenvalue weighted by Gasteiger charge is 2.33. The third kappa shape index (κ3) is 4.18. The normalized spacial score (nSPS) is 13.6. The van der Waals surface area contributed by atoms with E-state index < -0.39 is 20.7 Å². The Morgan fingerprint density at radius 3 is 2.56 bits per heavy atom. The summed E-state index contributed by atoms with van der Waals surface area (Å²) >= 11 is 0. The van der Waals surface area contributed by atoms with Crippen molar-refractivity contribution in [2.75, 3.05) is 24.3 Å². The van der Waals surface area contributed by atoms with Crippen LogP contribution < -0.4 is 19.5 Å². The summed E-state index contributed by atoms with van der Waals surface area (Å²) in [6, 6.07) is 8.90. The SMILES string of the molecule is COc1ccc(CN(c2ccncn2)S(=O)(=O)c2cc(C3CC3)c(N)cc2F)c(OC)c1. The molecule has 0 spiro atoms. The van der Waals surface area contributed by atoms with Crippen molar-refractivity contribution in [1.29, 1.82) is 0 Å². The summed E-state index contributed by atoms with van der Waals surface area (Å²) in [5.41, 5.74) is 7.41. The second-order valence-electron chi connectivity index (χ2n) is 7.44. The van der Waals surface area contributed by atoms with Crippen LogP contribution in [0.25, 0.3) is 0 Å². The highest BCUT2D eigenvalue weighted by molar-refractivity contribution is 7.92. The number of rotatable bonds is 8. The average Bonchev–Trinajstić information content (AvgIpc) is 3.63. The van der Waals surface area contributed by atoms with Crippen molar-refractivity contribution >= 4 is 21.5 Å². The summed E-state index contributed by atoms with van der Waals surface area (Å²) in [7, 11) is -1.35. The van der Waals surface area contributed by atoms with Crippen LogP contribution in [0.5, 0.6) is 11.5 Å². The number of nitrogens with zero attached hydrogens (tertiary/aromatic N) is 3. The maximum absolute atomic E-state index is 14.9. The molecule has 2 aromatic carbocycles. The average molecular weight is 459 g/mol. The number of sulfonamides is 1. The highest BCUT2D eigenvalue weighted by atomic mass is 32.2. The van der Waals surface area contributed by atoms with Gasteiger partial charge in [-0.25, -0.2) is 27.1 Å². The number of anilines is 2. The Bertz CT molecular complexity index is 1230. The monoisotopic (exact) mass is 458 g/mol. The molecule has 2 N–H and O–H groups in total. The summed E-state index contributed by atoms with van der Waals surface area (Å²) in [4.78, 5) is 7.51. The van der Waals surface area contributed by atoms with Crippen LogP contribution in [0.15, 0.2) is 53.8 Å². The van der Waals surface area contributed by atoms with Gasteiger partial charge in [0.2, 0.25) is 0 Å². The van der Waals surface area contributed by atoms with Crippen LogP contribution in [0.3, 0.4) is 0 Å². The minimum atomic E-state index is -4.34. The molecular weight excluding hydrogens is 435 g/mol. The molecule has 10 heteroatoms. The fourth-order valence-corrected chi connectivity index (χ4v) is 4.99. The Hall–Kier alpha value is -3.40. The summed E-state index contributed by atoms with van der Waals surface area (Å²) in [6.45, 7) is -0.144. The van der Waals surface area contributed by atoms with E-state index in [4.69, 9.17) is 15.2 Å². The van der Waals surface area contributed by atoms with E-state index in [1.54, 1.807) is 18.2 Å². The fraction of sp³-hybridized carbons (Fsp3) is 0.273. The first-order valence-corrected chi connectivity index (χ1v) is 11.4. The second kappa shape index (κ2) is 8.62. The molecule has 168 valence electrons. The summed E-state index contributed by atoms with van der Waals surface area (Å²) in [5, 5.41) is 0. The van der Waals surface area contributed by atoms with Crippen molar-refractivity contribution < 1.29 is 22.3 Å². The molecule has 4 rings (SSSR count). The molecular formula is C22H23FN4O4S. The van der Waals surface area contributed by atoms with Crippen LogP contribution >= 0.6 is 0 Å². The molecule has 0 saturated heterocycles. The molecule has 1 fully saturated rings. The number of aromatic nitrogens is 2. The molecule has 1 aromatic heterocycles. The summed E-state index contributed by atoms with van der Waals surface area (Å²) in [6.07, 6.45) is 4.45. The third-order valence-electron chi connectivity index (χ3n) is 5.35. The van der Waals surface area contributed by atoms with Gasteiger partial charge >= 0.3 is 0 Å². The standard InChI is InChI=1S/C22H23FN4O4S/c1-30-16-6-5-15(20(9-16)31-2)12-27(22-7-8-25-13-26-22)32(28,29)21-10-17(14-3-4-14)19(24)11-18(21)23/h5-11,13-14H,3-4,12,24H2,1-2H3. The van der Waals surface area contributed by atoms with Gasteiger partial charge in [0, 0.05) is 29.6 Å².